The predicted octanol–water partition coefficient (Wildman–Crippen LogP) is 10.3. The van der Waals surface area contributed by atoms with Crippen molar-refractivity contribution in [1.29, 1.82) is 0 Å². The van der Waals surface area contributed by atoms with Crippen LogP contribution in [-0.2, 0) is 0 Å². The van der Waals surface area contributed by atoms with Gasteiger partial charge in [-0.3, -0.25) is 0 Å². The molecular formula is C30H49F3. The normalized spacial score (nSPS) is 38.2. The Balaban J connectivity index is 1.71. The minimum Gasteiger partial charge on any atom is -0.171 e. The number of alkyl halides is 3. The Morgan fingerprint density at radius 1 is 1.09 bits per heavy atom. The molecule has 0 nitrogen and oxygen atoms in total. The van der Waals surface area contributed by atoms with Crippen molar-refractivity contribution in [2.24, 2.45) is 39.9 Å². The van der Waals surface area contributed by atoms with Crippen molar-refractivity contribution in [2.45, 2.75) is 124 Å². The summed E-state index contributed by atoms with van der Waals surface area (Å²) >= 11 is 0. The van der Waals surface area contributed by atoms with Gasteiger partial charge in [-0.2, -0.15) is 13.2 Å². The number of halogens is 3. The molecule has 0 aromatic carbocycles. The molecule has 2 saturated carbocycles. The van der Waals surface area contributed by atoms with Crippen LogP contribution in [0, 0.1) is 39.9 Å². The average Bonchev–Trinajstić information content (AvgIpc) is 3.09. The van der Waals surface area contributed by atoms with Gasteiger partial charge in [-0.1, -0.05) is 58.8 Å². The monoisotopic (exact) mass is 466 g/mol. The van der Waals surface area contributed by atoms with E-state index in [1.54, 1.807) is 12.5 Å². The summed E-state index contributed by atoms with van der Waals surface area (Å²) in [6.07, 6.45) is 13.7. The van der Waals surface area contributed by atoms with Gasteiger partial charge in [-0.05, 0) is 112 Å². The summed E-state index contributed by atoms with van der Waals surface area (Å²) < 4.78 is 40.7. The van der Waals surface area contributed by atoms with Crippen LogP contribution in [0.15, 0.2) is 24.3 Å². The van der Waals surface area contributed by atoms with Gasteiger partial charge in [-0.25, -0.2) is 0 Å². The molecule has 3 rings (SSSR count). The number of hydrogen-bond acceptors (Lipinski definition) is 0. The molecule has 0 amide bonds. The Labute approximate surface area is 201 Å². The Morgan fingerprint density at radius 2 is 1.82 bits per heavy atom. The first-order chi connectivity index (χ1) is 15.5. The molecule has 0 aromatic rings. The molecule has 7 atom stereocenters. The van der Waals surface area contributed by atoms with E-state index in [1.807, 2.05) is 0 Å². The zero-order valence-electron chi connectivity index (χ0n) is 22.0. The number of rotatable bonds is 10. The van der Waals surface area contributed by atoms with Crippen molar-refractivity contribution in [1.82, 2.24) is 0 Å². The zero-order valence-corrected chi connectivity index (χ0v) is 22.0. The smallest absolute Gasteiger partial charge is 0.171 e. The zero-order chi connectivity index (χ0) is 24.5. The number of allylic oxidation sites excluding steroid dienone is 3. The fraction of sp³-hybridized carbons (Fsp3) is 0.867. The van der Waals surface area contributed by atoms with Crippen LogP contribution < -0.4 is 0 Å². The summed E-state index contributed by atoms with van der Waals surface area (Å²) in [5.41, 5.74) is 0.788. The van der Waals surface area contributed by atoms with Crippen LogP contribution in [0.4, 0.5) is 13.2 Å². The fourth-order valence-electron chi connectivity index (χ4n) is 8.51. The lowest BCUT2D eigenvalue weighted by molar-refractivity contribution is -0.222. The molecule has 3 aliphatic rings. The van der Waals surface area contributed by atoms with Crippen LogP contribution in [-0.4, -0.2) is 6.18 Å². The number of hydrogen-bond donors (Lipinski definition) is 0. The van der Waals surface area contributed by atoms with Gasteiger partial charge in [0, 0.05) is 0 Å². The van der Waals surface area contributed by atoms with Gasteiger partial charge in [0.1, 0.15) is 0 Å². The third-order valence-electron chi connectivity index (χ3n) is 11.1. The molecule has 0 aliphatic heterocycles. The van der Waals surface area contributed by atoms with Crippen molar-refractivity contribution in [2.75, 3.05) is 0 Å². The highest BCUT2D eigenvalue weighted by Crippen LogP contribution is 2.66. The molecule has 0 radical (unpaired) electrons. The summed E-state index contributed by atoms with van der Waals surface area (Å²) in [6.45, 7) is 14.4. The van der Waals surface area contributed by atoms with E-state index in [0.717, 1.165) is 37.0 Å². The highest BCUT2D eigenvalue weighted by molar-refractivity contribution is 5.22. The molecule has 0 N–H and O–H groups in total. The van der Waals surface area contributed by atoms with Crippen LogP contribution >= 0.6 is 0 Å². The van der Waals surface area contributed by atoms with E-state index in [-0.39, 0.29) is 12.8 Å². The highest BCUT2D eigenvalue weighted by atomic mass is 19.4. The SMILES string of the molecule is C=CCCCC1(C)C(CC)=CCC2C1CCC1(C)C(CCCC(C)(CC)C(F)(F)F)CCC21. The van der Waals surface area contributed by atoms with E-state index in [2.05, 4.69) is 39.5 Å². The maximum absolute atomic E-state index is 13.6. The van der Waals surface area contributed by atoms with Gasteiger partial charge in [-0.15, -0.1) is 6.58 Å². The Hall–Kier alpha value is -0.730. The second-order valence-electron chi connectivity index (χ2n) is 12.4. The first-order valence-corrected chi connectivity index (χ1v) is 13.8. The van der Waals surface area contributed by atoms with Crippen LogP contribution in [0.5, 0.6) is 0 Å². The Morgan fingerprint density at radius 3 is 2.42 bits per heavy atom. The molecule has 0 spiro atoms. The second kappa shape index (κ2) is 10.1. The van der Waals surface area contributed by atoms with Gasteiger partial charge >= 0.3 is 6.18 Å². The molecule has 3 aliphatic carbocycles. The summed E-state index contributed by atoms with van der Waals surface area (Å²) in [5.74, 6) is 2.87. The molecule has 0 aromatic heterocycles. The molecule has 0 saturated heterocycles. The summed E-state index contributed by atoms with van der Waals surface area (Å²) in [4.78, 5) is 0. The second-order valence-corrected chi connectivity index (χ2v) is 12.4. The van der Waals surface area contributed by atoms with Crippen molar-refractivity contribution in [3.63, 3.8) is 0 Å². The lowest BCUT2D eigenvalue weighted by Crippen LogP contribution is -2.48. The van der Waals surface area contributed by atoms with Gasteiger partial charge in [0.2, 0.25) is 0 Å². The number of fused-ring (bicyclic) bond motifs is 3. The molecule has 2 fully saturated rings. The molecule has 3 heteroatoms. The van der Waals surface area contributed by atoms with Crippen molar-refractivity contribution >= 4 is 0 Å². The Kier molecular flexibility index (Phi) is 8.22. The summed E-state index contributed by atoms with van der Waals surface area (Å²) in [5, 5.41) is 0. The van der Waals surface area contributed by atoms with E-state index < -0.39 is 11.6 Å². The number of unbranched alkanes of at least 4 members (excludes halogenated alkanes) is 1. The standard InChI is InChI=1S/C30H49F3/c1-7-10-11-20-28(5)22(8-2)14-16-24-25-17-15-23(29(25,6)21-18-26(24)28)13-12-19-27(4,9-3)30(31,32)33/h7,14,23-26H,1,8-13,15-21H2,2-6H3. The maximum atomic E-state index is 13.6. The van der Waals surface area contributed by atoms with E-state index in [4.69, 9.17) is 0 Å². The van der Waals surface area contributed by atoms with Crippen LogP contribution in [0.1, 0.15) is 118 Å². The lowest BCUT2D eigenvalue weighted by atomic mass is 9.48. The lowest BCUT2D eigenvalue weighted by Gasteiger charge is -2.57. The maximum Gasteiger partial charge on any atom is 0.394 e. The molecular weight excluding hydrogens is 417 g/mol. The van der Waals surface area contributed by atoms with Crippen molar-refractivity contribution in [3.05, 3.63) is 24.3 Å². The molecule has 0 bridgehead atoms. The van der Waals surface area contributed by atoms with Crippen LogP contribution in [0.2, 0.25) is 0 Å². The minimum absolute atomic E-state index is 0.182. The van der Waals surface area contributed by atoms with E-state index in [9.17, 15) is 13.2 Å². The summed E-state index contributed by atoms with van der Waals surface area (Å²) in [6, 6.07) is 0. The van der Waals surface area contributed by atoms with E-state index in [1.165, 1.54) is 51.9 Å². The van der Waals surface area contributed by atoms with Crippen molar-refractivity contribution < 1.29 is 13.2 Å². The van der Waals surface area contributed by atoms with Crippen LogP contribution in [0.25, 0.3) is 0 Å². The van der Waals surface area contributed by atoms with Gasteiger partial charge in [0.05, 0.1) is 5.41 Å². The third kappa shape index (κ3) is 4.86. The molecule has 0 heterocycles. The highest BCUT2D eigenvalue weighted by Gasteiger charge is 2.57. The van der Waals surface area contributed by atoms with Gasteiger partial charge in [0.25, 0.3) is 0 Å². The van der Waals surface area contributed by atoms with Gasteiger partial charge < -0.3 is 0 Å². The topological polar surface area (TPSA) is 0 Å². The average molecular weight is 467 g/mol. The molecule has 33 heavy (non-hydrogen) atoms. The van der Waals surface area contributed by atoms with Crippen LogP contribution in [0.3, 0.4) is 0 Å². The fourth-order valence-corrected chi connectivity index (χ4v) is 8.51. The predicted molar refractivity (Wildman–Crippen MR) is 134 cm³/mol. The first kappa shape index (κ1) is 26.9. The largest absolute Gasteiger partial charge is 0.394 e. The Bertz CT molecular complexity index is 706. The minimum atomic E-state index is -4.09. The quantitative estimate of drug-likeness (QED) is 0.222. The van der Waals surface area contributed by atoms with E-state index >= 15 is 0 Å². The van der Waals surface area contributed by atoms with Crippen molar-refractivity contribution in [3.8, 4) is 0 Å². The molecule has 190 valence electrons. The summed E-state index contributed by atoms with van der Waals surface area (Å²) in [7, 11) is 0. The third-order valence-corrected chi connectivity index (χ3v) is 11.1. The van der Waals surface area contributed by atoms with E-state index in [0.29, 0.717) is 23.2 Å². The van der Waals surface area contributed by atoms with Gasteiger partial charge in [0.15, 0.2) is 0 Å². The molecule has 7 unspecified atom stereocenters. The first-order valence-electron chi connectivity index (χ1n) is 13.8.